The molecule has 144 valence electrons. The van der Waals surface area contributed by atoms with Gasteiger partial charge in [0.1, 0.15) is 10.6 Å². The highest BCUT2D eigenvalue weighted by molar-refractivity contribution is 7.86. The number of hydrogen-bond acceptors (Lipinski definition) is 6. The molecular formula is C18H14N2O7S. The molecule has 0 spiro atoms. The third-order valence-electron chi connectivity index (χ3n) is 4.16. The lowest BCUT2D eigenvalue weighted by atomic mass is 10.1. The highest BCUT2D eigenvalue weighted by atomic mass is 32.2. The highest BCUT2D eigenvalue weighted by Gasteiger charge is 2.21. The SMILES string of the molecule is Cc1cc(C(=O)Nc2c(O)cc(S(=O)(=O)O)c3ccccc23)ccc1[N+](=O)[O-]. The molecule has 10 heteroatoms. The van der Waals surface area contributed by atoms with Gasteiger partial charge in [-0.15, -0.1) is 0 Å². The topological polar surface area (TPSA) is 147 Å². The lowest BCUT2D eigenvalue weighted by molar-refractivity contribution is -0.385. The third kappa shape index (κ3) is 3.50. The number of hydrogen-bond donors (Lipinski definition) is 3. The van der Waals surface area contributed by atoms with Crippen molar-refractivity contribution in [1.29, 1.82) is 0 Å². The van der Waals surface area contributed by atoms with Gasteiger partial charge in [-0.2, -0.15) is 8.42 Å². The minimum absolute atomic E-state index is 0.0518. The van der Waals surface area contributed by atoms with Crippen LogP contribution in [0.3, 0.4) is 0 Å². The number of nitrogens with one attached hydrogen (secondary N) is 1. The van der Waals surface area contributed by atoms with Crippen LogP contribution in [-0.2, 0) is 10.1 Å². The number of carbonyl (C=O) groups excluding carboxylic acids is 1. The van der Waals surface area contributed by atoms with Crippen LogP contribution in [-0.4, -0.2) is 28.9 Å². The number of rotatable bonds is 4. The molecule has 0 heterocycles. The first-order chi connectivity index (χ1) is 13.1. The maximum absolute atomic E-state index is 12.6. The Morgan fingerprint density at radius 1 is 1.11 bits per heavy atom. The standard InChI is InChI=1S/C18H14N2O7S/c1-10-8-11(6-7-14(10)20(23)24)18(22)19-17-13-5-3-2-4-12(13)16(9-15(17)21)28(25,26)27/h2-9,21H,1H3,(H,19,22)(H,25,26,27). The smallest absolute Gasteiger partial charge is 0.295 e. The summed E-state index contributed by atoms with van der Waals surface area (Å²) in [6.45, 7) is 1.49. The minimum Gasteiger partial charge on any atom is -0.506 e. The average Bonchev–Trinajstić information content (AvgIpc) is 2.62. The summed E-state index contributed by atoms with van der Waals surface area (Å²) in [5.74, 6) is -1.21. The highest BCUT2D eigenvalue weighted by Crippen LogP contribution is 2.37. The monoisotopic (exact) mass is 402 g/mol. The van der Waals surface area contributed by atoms with Crippen molar-refractivity contribution in [2.24, 2.45) is 0 Å². The number of nitrogens with zero attached hydrogens (tertiary/aromatic N) is 1. The zero-order valence-electron chi connectivity index (χ0n) is 14.4. The fourth-order valence-electron chi connectivity index (χ4n) is 2.86. The summed E-state index contributed by atoms with van der Waals surface area (Å²) >= 11 is 0. The van der Waals surface area contributed by atoms with Crippen LogP contribution >= 0.6 is 0 Å². The summed E-state index contributed by atoms with van der Waals surface area (Å²) in [6.07, 6.45) is 0. The molecule has 0 bridgehead atoms. The molecule has 0 aromatic heterocycles. The van der Waals surface area contributed by atoms with E-state index in [9.17, 15) is 33.0 Å². The van der Waals surface area contributed by atoms with Gasteiger partial charge in [0.05, 0.1) is 10.6 Å². The van der Waals surface area contributed by atoms with E-state index in [1.807, 2.05) is 0 Å². The molecule has 0 saturated heterocycles. The molecule has 0 radical (unpaired) electrons. The molecular weight excluding hydrogens is 388 g/mol. The second-order valence-corrected chi connectivity index (χ2v) is 7.39. The first-order valence-corrected chi connectivity index (χ1v) is 9.32. The van der Waals surface area contributed by atoms with Gasteiger partial charge < -0.3 is 10.4 Å². The van der Waals surface area contributed by atoms with Crippen LogP contribution < -0.4 is 5.32 Å². The Kier molecular flexibility index (Phi) is 4.75. The van der Waals surface area contributed by atoms with Gasteiger partial charge in [0.2, 0.25) is 0 Å². The third-order valence-corrected chi connectivity index (χ3v) is 5.05. The largest absolute Gasteiger partial charge is 0.506 e. The first kappa shape index (κ1) is 19.3. The Balaban J connectivity index is 2.08. The summed E-state index contributed by atoms with van der Waals surface area (Å²) in [5, 5.41) is 23.9. The van der Waals surface area contributed by atoms with Gasteiger partial charge in [-0.25, -0.2) is 0 Å². The van der Waals surface area contributed by atoms with Gasteiger partial charge >= 0.3 is 0 Å². The molecule has 3 rings (SSSR count). The van der Waals surface area contributed by atoms with Crippen LogP contribution in [0.4, 0.5) is 11.4 Å². The lowest BCUT2D eigenvalue weighted by Gasteiger charge is -2.13. The maximum Gasteiger partial charge on any atom is 0.295 e. The first-order valence-electron chi connectivity index (χ1n) is 7.88. The summed E-state index contributed by atoms with van der Waals surface area (Å²) in [7, 11) is -4.60. The molecule has 0 aliphatic carbocycles. The average molecular weight is 402 g/mol. The van der Waals surface area contributed by atoms with Crippen molar-refractivity contribution >= 4 is 38.2 Å². The van der Waals surface area contributed by atoms with E-state index in [1.165, 1.54) is 37.3 Å². The van der Waals surface area contributed by atoms with Crippen LogP contribution in [0.1, 0.15) is 15.9 Å². The predicted molar refractivity (Wildman–Crippen MR) is 101 cm³/mol. The number of anilines is 1. The molecule has 0 atom stereocenters. The van der Waals surface area contributed by atoms with Gasteiger partial charge in [-0.3, -0.25) is 19.5 Å². The molecule has 0 saturated carbocycles. The normalized spacial score (nSPS) is 11.4. The quantitative estimate of drug-likeness (QED) is 0.263. The molecule has 28 heavy (non-hydrogen) atoms. The zero-order chi connectivity index (χ0) is 20.6. The number of nitro groups is 1. The number of benzene rings is 3. The van der Waals surface area contributed by atoms with E-state index in [0.717, 1.165) is 6.07 Å². The maximum atomic E-state index is 12.6. The van der Waals surface area contributed by atoms with Crippen molar-refractivity contribution in [3.63, 3.8) is 0 Å². The van der Waals surface area contributed by atoms with E-state index in [0.29, 0.717) is 0 Å². The molecule has 0 aliphatic rings. The second kappa shape index (κ2) is 6.91. The van der Waals surface area contributed by atoms with Crippen molar-refractivity contribution in [3.05, 3.63) is 69.8 Å². The van der Waals surface area contributed by atoms with Gasteiger partial charge in [-0.05, 0) is 19.1 Å². The molecule has 3 N–H and O–H groups in total. The van der Waals surface area contributed by atoms with Crippen LogP contribution in [0.2, 0.25) is 0 Å². The molecule has 0 aliphatic heterocycles. The number of aryl methyl sites for hydroxylation is 1. The van der Waals surface area contributed by atoms with Gasteiger partial charge in [-0.1, -0.05) is 24.3 Å². The number of carbonyl (C=O) groups is 1. The fraction of sp³-hybridized carbons (Fsp3) is 0.0556. The van der Waals surface area contributed by atoms with Gasteiger partial charge in [0.15, 0.2) is 0 Å². The Morgan fingerprint density at radius 3 is 2.32 bits per heavy atom. The van der Waals surface area contributed by atoms with Crippen LogP contribution in [0.15, 0.2) is 53.4 Å². The van der Waals surface area contributed by atoms with Crippen LogP contribution in [0.5, 0.6) is 5.75 Å². The predicted octanol–water partition coefficient (Wildman–Crippen LogP) is 3.26. The van der Waals surface area contributed by atoms with E-state index >= 15 is 0 Å². The van der Waals surface area contributed by atoms with Crippen LogP contribution in [0.25, 0.3) is 10.8 Å². The summed E-state index contributed by atoms with van der Waals surface area (Å²) < 4.78 is 32.5. The lowest BCUT2D eigenvalue weighted by Crippen LogP contribution is -2.13. The fourth-order valence-corrected chi connectivity index (χ4v) is 3.58. The van der Waals surface area contributed by atoms with Crippen molar-refractivity contribution in [2.75, 3.05) is 5.32 Å². The van der Waals surface area contributed by atoms with E-state index < -0.39 is 31.6 Å². The van der Waals surface area contributed by atoms with Crippen molar-refractivity contribution in [2.45, 2.75) is 11.8 Å². The summed E-state index contributed by atoms with van der Waals surface area (Å²) in [6, 6.07) is 10.6. The summed E-state index contributed by atoms with van der Waals surface area (Å²) in [5.41, 5.74) is 0.213. The minimum atomic E-state index is -4.60. The number of fused-ring (bicyclic) bond motifs is 1. The molecule has 0 unspecified atom stereocenters. The van der Waals surface area contributed by atoms with Crippen molar-refractivity contribution in [3.8, 4) is 5.75 Å². The Labute approximate surface area is 159 Å². The molecule has 3 aromatic carbocycles. The van der Waals surface area contributed by atoms with E-state index in [1.54, 1.807) is 12.1 Å². The number of phenolic OH excluding ortho intramolecular Hbond substituents is 1. The molecule has 9 nitrogen and oxygen atoms in total. The molecule has 3 aromatic rings. The molecule has 0 fully saturated rings. The van der Waals surface area contributed by atoms with Crippen molar-refractivity contribution in [1.82, 2.24) is 0 Å². The molecule has 1 amide bonds. The second-order valence-electron chi connectivity index (χ2n) is 6.00. The Morgan fingerprint density at radius 2 is 1.75 bits per heavy atom. The number of nitro benzene ring substituents is 1. The van der Waals surface area contributed by atoms with Crippen LogP contribution in [0, 0.1) is 17.0 Å². The van der Waals surface area contributed by atoms with Crippen molar-refractivity contribution < 1.29 is 27.8 Å². The Hall–Kier alpha value is -3.50. The number of aromatic hydroxyl groups is 1. The number of amides is 1. The van der Waals surface area contributed by atoms with E-state index in [2.05, 4.69) is 5.32 Å². The van der Waals surface area contributed by atoms with Gasteiger partial charge in [0.25, 0.3) is 21.7 Å². The number of phenols is 1. The zero-order valence-corrected chi connectivity index (χ0v) is 15.2. The van der Waals surface area contributed by atoms with Gasteiger partial charge in [0, 0.05) is 34.0 Å². The Bertz CT molecular complexity index is 1240. The summed E-state index contributed by atoms with van der Waals surface area (Å²) in [4.78, 5) is 22.4. The van der Waals surface area contributed by atoms with E-state index in [4.69, 9.17) is 0 Å². The van der Waals surface area contributed by atoms with E-state index in [-0.39, 0.29) is 33.3 Å².